The minimum Gasteiger partial charge on any atom is -0.493 e. The minimum atomic E-state index is -0.553. The van der Waals surface area contributed by atoms with E-state index in [2.05, 4.69) is 17.2 Å². The van der Waals surface area contributed by atoms with Crippen LogP contribution in [0.15, 0.2) is 12.1 Å². The molecule has 2 aromatic rings. The van der Waals surface area contributed by atoms with Gasteiger partial charge in [0.15, 0.2) is 18.0 Å². The molecule has 8 heteroatoms. The summed E-state index contributed by atoms with van der Waals surface area (Å²) in [6, 6.07) is 3.92. The molecule has 0 aliphatic carbocycles. The van der Waals surface area contributed by atoms with Gasteiger partial charge in [0.05, 0.1) is 45.1 Å². The number of piperidine rings is 1. The van der Waals surface area contributed by atoms with E-state index in [1.807, 2.05) is 0 Å². The second-order valence-corrected chi connectivity index (χ2v) is 7.15. The average molecular weight is 390 g/mol. The Kier molecular flexibility index (Phi) is 6.08. The lowest BCUT2D eigenvalue weighted by Crippen LogP contribution is -3.17. The Hall–Kier alpha value is -2.74. The summed E-state index contributed by atoms with van der Waals surface area (Å²) in [7, 11) is 4.39. The van der Waals surface area contributed by atoms with Crippen molar-refractivity contribution in [1.82, 2.24) is 4.98 Å². The fourth-order valence-corrected chi connectivity index (χ4v) is 3.81. The number of carbonyl (C=O) groups is 2. The molecule has 1 amide bonds. The molecule has 1 saturated heterocycles. The molecule has 1 unspecified atom stereocenters. The molecule has 3 N–H and O–H groups in total. The van der Waals surface area contributed by atoms with Gasteiger partial charge in [-0.05, 0) is 32.3 Å². The Morgan fingerprint density at radius 2 is 1.89 bits per heavy atom. The molecule has 1 aliphatic heterocycles. The molecule has 1 aromatic carbocycles. The summed E-state index contributed by atoms with van der Waals surface area (Å²) < 4.78 is 15.6. The summed E-state index contributed by atoms with van der Waals surface area (Å²) in [6.07, 6.45) is 3.47. The molecule has 0 bridgehead atoms. The zero-order valence-electron chi connectivity index (χ0n) is 16.8. The van der Waals surface area contributed by atoms with Crippen LogP contribution in [0.3, 0.4) is 0 Å². The van der Waals surface area contributed by atoms with Crippen LogP contribution in [0.2, 0.25) is 0 Å². The van der Waals surface area contributed by atoms with Gasteiger partial charge in [0.25, 0.3) is 5.91 Å². The van der Waals surface area contributed by atoms with Crippen molar-refractivity contribution in [2.45, 2.75) is 32.2 Å². The lowest BCUT2D eigenvalue weighted by atomic mass is 10.0. The highest BCUT2D eigenvalue weighted by atomic mass is 16.5. The van der Waals surface area contributed by atoms with Crippen LogP contribution in [0.1, 0.15) is 36.7 Å². The second kappa shape index (κ2) is 8.52. The highest BCUT2D eigenvalue weighted by molar-refractivity contribution is 6.11. The van der Waals surface area contributed by atoms with Gasteiger partial charge in [-0.15, -0.1) is 0 Å². The Balaban J connectivity index is 1.95. The van der Waals surface area contributed by atoms with Gasteiger partial charge in [-0.1, -0.05) is 0 Å². The molecule has 1 aliphatic rings. The number of nitrogens with one attached hydrogen (secondary N) is 3. The third-order valence-electron chi connectivity index (χ3n) is 5.43. The van der Waals surface area contributed by atoms with Crippen molar-refractivity contribution in [3.63, 3.8) is 0 Å². The number of hydrogen-bond acceptors (Lipinski definition) is 5. The van der Waals surface area contributed by atoms with Crippen LogP contribution in [-0.4, -0.2) is 57.3 Å². The van der Waals surface area contributed by atoms with Gasteiger partial charge in [0, 0.05) is 11.5 Å². The maximum atomic E-state index is 12.8. The van der Waals surface area contributed by atoms with Crippen molar-refractivity contribution >= 4 is 28.5 Å². The first-order chi connectivity index (χ1) is 13.5. The Bertz CT molecular complexity index is 876. The number of ether oxygens (including phenoxy) is 3. The van der Waals surface area contributed by atoms with Crippen molar-refractivity contribution in [2.24, 2.45) is 0 Å². The molecule has 0 radical (unpaired) electrons. The number of H-pyrrole nitrogens is 1. The van der Waals surface area contributed by atoms with Crippen molar-refractivity contribution in [3.05, 3.63) is 17.8 Å². The third-order valence-corrected chi connectivity index (χ3v) is 5.43. The Morgan fingerprint density at radius 3 is 2.54 bits per heavy atom. The second-order valence-electron chi connectivity index (χ2n) is 7.15. The van der Waals surface area contributed by atoms with Crippen LogP contribution in [0, 0.1) is 0 Å². The number of carbonyl (C=O) groups excluding carboxylic acids is 2. The SMILES string of the molecule is COC(=O)c1[nH]c2cc(OC)c(OC)cc2c1NC(=O)C[NH+]1CCCC[C@H]1C. The van der Waals surface area contributed by atoms with E-state index in [0.29, 0.717) is 40.7 Å². The average Bonchev–Trinajstić information content (AvgIpc) is 3.05. The summed E-state index contributed by atoms with van der Waals surface area (Å²) in [5, 5.41) is 3.58. The fraction of sp³-hybridized carbons (Fsp3) is 0.500. The Morgan fingerprint density at radius 1 is 1.18 bits per heavy atom. The standard InChI is InChI=1S/C20H27N3O5/c1-12-7-5-6-8-23(12)11-17(24)22-18-13-9-15(26-2)16(27-3)10-14(13)21-19(18)20(25)28-4/h9-10,12,21H,5-8,11H2,1-4H3,(H,22,24)/p+1/t12-/m1/s1. The zero-order valence-corrected chi connectivity index (χ0v) is 16.8. The maximum absolute atomic E-state index is 12.8. The van der Waals surface area contributed by atoms with E-state index >= 15 is 0 Å². The van der Waals surface area contributed by atoms with Gasteiger partial charge in [0.2, 0.25) is 0 Å². The lowest BCUT2D eigenvalue weighted by Gasteiger charge is -2.29. The van der Waals surface area contributed by atoms with E-state index in [1.54, 1.807) is 19.2 Å². The van der Waals surface area contributed by atoms with Crippen LogP contribution < -0.4 is 19.7 Å². The van der Waals surface area contributed by atoms with Crippen LogP contribution in [-0.2, 0) is 9.53 Å². The minimum absolute atomic E-state index is 0.135. The molecule has 1 fully saturated rings. The zero-order chi connectivity index (χ0) is 20.3. The van der Waals surface area contributed by atoms with Gasteiger partial charge < -0.3 is 29.4 Å². The maximum Gasteiger partial charge on any atom is 0.356 e. The number of aromatic amines is 1. The number of esters is 1. The number of methoxy groups -OCH3 is 3. The molecule has 1 aromatic heterocycles. The predicted molar refractivity (Wildman–Crippen MR) is 105 cm³/mol. The van der Waals surface area contributed by atoms with Gasteiger partial charge in [-0.3, -0.25) is 4.79 Å². The summed E-state index contributed by atoms with van der Waals surface area (Å²) in [5.41, 5.74) is 1.24. The first-order valence-electron chi connectivity index (χ1n) is 9.49. The number of rotatable bonds is 6. The fourth-order valence-electron chi connectivity index (χ4n) is 3.81. The van der Waals surface area contributed by atoms with Crippen LogP contribution in [0.4, 0.5) is 5.69 Å². The molecule has 8 nitrogen and oxygen atoms in total. The van der Waals surface area contributed by atoms with Gasteiger partial charge >= 0.3 is 5.97 Å². The van der Waals surface area contributed by atoms with Crippen LogP contribution >= 0.6 is 0 Å². The topological polar surface area (TPSA) is 94.1 Å². The highest BCUT2D eigenvalue weighted by Gasteiger charge is 2.27. The van der Waals surface area contributed by atoms with E-state index in [-0.39, 0.29) is 11.6 Å². The summed E-state index contributed by atoms with van der Waals surface area (Å²) in [5.74, 6) is 0.348. The number of benzene rings is 1. The number of anilines is 1. The van der Waals surface area contributed by atoms with E-state index in [4.69, 9.17) is 14.2 Å². The van der Waals surface area contributed by atoms with Crippen molar-refractivity contribution in [1.29, 1.82) is 0 Å². The van der Waals surface area contributed by atoms with Gasteiger partial charge in [0.1, 0.15) is 5.69 Å². The number of hydrogen-bond donors (Lipinski definition) is 3. The lowest BCUT2D eigenvalue weighted by molar-refractivity contribution is -0.920. The molecular formula is C20H28N3O5+. The molecule has 0 spiro atoms. The largest absolute Gasteiger partial charge is 0.493 e. The number of amides is 1. The van der Waals surface area contributed by atoms with Crippen molar-refractivity contribution in [3.8, 4) is 11.5 Å². The molecule has 28 heavy (non-hydrogen) atoms. The normalized spacial score (nSPS) is 19.3. The number of fused-ring (bicyclic) bond motifs is 1. The molecule has 3 rings (SSSR count). The van der Waals surface area contributed by atoms with Crippen molar-refractivity contribution < 1.29 is 28.7 Å². The third kappa shape index (κ3) is 3.91. The van der Waals surface area contributed by atoms with Crippen LogP contribution in [0.5, 0.6) is 11.5 Å². The first-order valence-corrected chi connectivity index (χ1v) is 9.49. The first kappa shape index (κ1) is 20.0. The van der Waals surface area contributed by atoms with E-state index < -0.39 is 5.97 Å². The van der Waals surface area contributed by atoms with E-state index in [0.717, 1.165) is 19.4 Å². The predicted octanol–water partition coefficient (Wildman–Crippen LogP) is 1.37. The van der Waals surface area contributed by atoms with Crippen LogP contribution in [0.25, 0.3) is 10.9 Å². The molecule has 0 saturated carbocycles. The van der Waals surface area contributed by atoms with Crippen molar-refractivity contribution in [2.75, 3.05) is 39.7 Å². The molecule has 152 valence electrons. The smallest absolute Gasteiger partial charge is 0.356 e. The molecule has 2 atom stereocenters. The van der Waals surface area contributed by atoms with Gasteiger partial charge in [-0.2, -0.15) is 0 Å². The molecular weight excluding hydrogens is 362 g/mol. The Labute approximate surface area is 164 Å². The van der Waals surface area contributed by atoms with E-state index in [1.165, 1.54) is 25.5 Å². The quantitative estimate of drug-likeness (QED) is 0.648. The number of aromatic nitrogens is 1. The highest BCUT2D eigenvalue weighted by Crippen LogP contribution is 2.37. The molecule has 2 heterocycles. The summed E-state index contributed by atoms with van der Waals surface area (Å²) in [6.45, 7) is 3.52. The van der Waals surface area contributed by atoms with E-state index in [9.17, 15) is 9.59 Å². The number of quaternary nitrogens is 1. The summed E-state index contributed by atoms with van der Waals surface area (Å²) >= 11 is 0. The monoisotopic (exact) mass is 390 g/mol. The summed E-state index contributed by atoms with van der Waals surface area (Å²) in [4.78, 5) is 29.3. The van der Waals surface area contributed by atoms with Gasteiger partial charge in [-0.25, -0.2) is 4.79 Å². The number of likely N-dealkylation sites (tertiary alicyclic amines) is 1.